The minimum Gasteiger partial charge on any atom is -0.386 e. The van der Waals surface area contributed by atoms with Gasteiger partial charge in [0.15, 0.2) is 0 Å². The second kappa shape index (κ2) is 9.41. The minimum atomic E-state index is -0.964. The molecule has 1 N–H and O–H groups in total. The Kier molecular flexibility index (Phi) is 7.10. The number of nitrogens with zero attached hydrogens (tertiary/aromatic N) is 5. The van der Waals surface area contributed by atoms with Crippen molar-refractivity contribution >= 4 is 27.9 Å². The van der Waals surface area contributed by atoms with Crippen molar-refractivity contribution in [3.8, 4) is 0 Å². The molecular formula is C22H30BrN5O2. The van der Waals surface area contributed by atoms with E-state index >= 15 is 0 Å². The molecule has 0 bridgehead atoms. The molecule has 2 aromatic rings. The number of carbonyl (C=O) groups is 1. The van der Waals surface area contributed by atoms with Crippen LogP contribution < -0.4 is 0 Å². The summed E-state index contributed by atoms with van der Waals surface area (Å²) in [5.41, 5.74) is -0.304. The van der Waals surface area contributed by atoms with Crippen LogP contribution in [0, 0.1) is 5.41 Å². The average molecular weight is 476 g/mol. The normalized spacial score (nSPS) is 18.0. The number of rotatable bonds is 6. The van der Waals surface area contributed by atoms with Gasteiger partial charge in [-0.25, -0.2) is 4.98 Å². The van der Waals surface area contributed by atoms with Crippen LogP contribution in [-0.4, -0.2) is 73.9 Å². The molecule has 1 saturated heterocycles. The van der Waals surface area contributed by atoms with E-state index in [1.54, 1.807) is 17.1 Å². The fourth-order valence-corrected chi connectivity index (χ4v) is 3.71. The third-order valence-corrected chi connectivity index (χ3v) is 6.27. The summed E-state index contributed by atoms with van der Waals surface area (Å²) in [4.78, 5) is 20.6. The van der Waals surface area contributed by atoms with E-state index in [1.807, 2.05) is 56.0 Å². The molecule has 0 aliphatic carbocycles. The van der Waals surface area contributed by atoms with Gasteiger partial charge in [0, 0.05) is 43.3 Å². The SMILES string of the molecule is CC(C)(C)C(O)(CN1CCN(C(=O)/C=C/c2ccc(Br)cc2)CC1)Cn1cncn1. The van der Waals surface area contributed by atoms with Gasteiger partial charge >= 0.3 is 0 Å². The maximum atomic E-state index is 12.5. The van der Waals surface area contributed by atoms with E-state index in [4.69, 9.17) is 0 Å². The standard InChI is InChI=1S/C22H30BrN5O2/c1-21(2,3)22(30,15-28-17-24-16-25-28)14-26-10-12-27(13-11-26)20(29)9-6-18-4-7-19(23)8-5-18/h4-9,16-17,30H,10-15H2,1-3H3/b9-6+. The fourth-order valence-electron chi connectivity index (χ4n) is 3.45. The van der Waals surface area contributed by atoms with Gasteiger partial charge in [0.2, 0.25) is 5.91 Å². The van der Waals surface area contributed by atoms with Gasteiger partial charge in [-0.05, 0) is 29.2 Å². The first-order valence-electron chi connectivity index (χ1n) is 10.2. The summed E-state index contributed by atoms with van der Waals surface area (Å²) < 4.78 is 2.69. The van der Waals surface area contributed by atoms with Crippen molar-refractivity contribution in [3.63, 3.8) is 0 Å². The number of carbonyl (C=O) groups excluding carboxylic acids is 1. The highest BCUT2D eigenvalue weighted by Gasteiger charge is 2.42. The Labute approximate surface area is 186 Å². The van der Waals surface area contributed by atoms with Crippen LogP contribution in [0.15, 0.2) is 47.5 Å². The topological polar surface area (TPSA) is 74.5 Å². The lowest BCUT2D eigenvalue weighted by Crippen LogP contribution is -2.58. The van der Waals surface area contributed by atoms with Crippen molar-refractivity contribution in [3.05, 3.63) is 53.0 Å². The highest BCUT2D eigenvalue weighted by Crippen LogP contribution is 2.33. The maximum Gasteiger partial charge on any atom is 0.246 e. The highest BCUT2D eigenvalue weighted by atomic mass is 79.9. The smallest absolute Gasteiger partial charge is 0.246 e. The zero-order chi connectivity index (χ0) is 21.8. The quantitative estimate of drug-likeness (QED) is 0.650. The summed E-state index contributed by atoms with van der Waals surface area (Å²) in [6, 6.07) is 7.85. The Morgan fingerprint density at radius 3 is 2.37 bits per heavy atom. The molecular weight excluding hydrogens is 446 g/mol. The van der Waals surface area contributed by atoms with E-state index < -0.39 is 5.60 Å². The van der Waals surface area contributed by atoms with Gasteiger partial charge in [0.05, 0.1) is 6.54 Å². The second-order valence-electron chi connectivity index (χ2n) is 8.86. The number of piperazine rings is 1. The summed E-state index contributed by atoms with van der Waals surface area (Å²) in [7, 11) is 0. The molecule has 1 aliphatic rings. The summed E-state index contributed by atoms with van der Waals surface area (Å²) in [5.74, 6) is 0.0197. The highest BCUT2D eigenvalue weighted by molar-refractivity contribution is 9.10. The Morgan fingerprint density at radius 1 is 1.13 bits per heavy atom. The average Bonchev–Trinajstić information content (AvgIpc) is 3.20. The third-order valence-electron chi connectivity index (χ3n) is 5.74. The van der Waals surface area contributed by atoms with Gasteiger partial charge in [-0.2, -0.15) is 5.10 Å². The monoisotopic (exact) mass is 475 g/mol. The summed E-state index contributed by atoms with van der Waals surface area (Å²) in [5, 5.41) is 15.6. The molecule has 30 heavy (non-hydrogen) atoms. The van der Waals surface area contributed by atoms with Crippen molar-refractivity contribution in [1.29, 1.82) is 0 Å². The van der Waals surface area contributed by atoms with Crippen molar-refractivity contribution < 1.29 is 9.90 Å². The molecule has 0 saturated carbocycles. The van der Waals surface area contributed by atoms with E-state index in [1.165, 1.54) is 6.33 Å². The molecule has 2 heterocycles. The first kappa shape index (κ1) is 22.7. The molecule has 0 spiro atoms. The van der Waals surface area contributed by atoms with E-state index in [0.717, 1.165) is 23.1 Å². The first-order chi connectivity index (χ1) is 14.2. The molecule has 1 aliphatic heterocycles. The van der Waals surface area contributed by atoms with E-state index in [-0.39, 0.29) is 11.3 Å². The predicted molar refractivity (Wildman–Crippen MR) is 121 cm³/mol. The van der Waals surface area contributed by atoms with Crippen LogP contribution >= 0.6 is 15.9 Å². The number of amides is 1. The van der Waals surface area contributed by atoms with Gasteiger partial charge in [0.1, 0.15) is 18.3 Å². The second-order valence-corrected chi connectivity index (χ2v) is 9.78. The largest absolute Gasteiger partial charge is 0.386 e. The zero-order valence-electron chi connectivity index (χ0n) is 17.8. The van der Waals surface area contributed by atoms with E-state index in [2.05, 4.69) is 30.9 Å². The molecule has 1 aromatic heterocycles. The lowest BCUT2D eigenvalue weighted by molar-refractivity contribution is -0.129. The number of halogens is 1. The van der Waals surface area contributed by atoms with Gasteiger partial charge in [-0.3, -0.25) is 14.4 Å². The third kappa shape index (κ3) is 5.77. The van der Waals surface area contributed by atoms with E-state index in [9.17, 15) is 9.90 Å². The van der Waals surface area contributed by atoms with Crippen LogP contribution in [0.4, 0.5) is 0 Å². The molecule has 3 rings (SSSR count). The Balaban J connectivity index is 1.56. The van der Waals surface area contributed by atoms with Crippen molar-refractivity contribution in [2.24, 2.45) is 5.41 Å². The van der Waals surface area contributed by atoms with Gasteiger partial charge in [0.25, 0.3) is 0 Å². The Morgan fingerprint density at radius 2 is 1.80 bits per heavy atom. The molecule has 1 aromatic carbocycles. The number of benzene rings is 1. The summed E-state index contributed by atoms with van der Waals surface area (Å²) in [6.45, 7) is 9.77. The van der Waals surface area contributed by atoms with Crippen LogP contribution in [0.3, 0.4) is 0 Å². The summed E-state index contributed by atoms with van der Waals surface area (Å²) in [6.07, 6.45) is 6.59. The lowest BCUT2D eigenvalue weighted by atomic mass is 9.76. The Bertz CT molecular complexity index is 853. The minimum absolute atomic E-state index is 0.0197. The lowest BCUT2D eigenvalue weighted by Gasteiger charge is -2.45. The Hall–Kier alpha value is -2.03. The molecule has 1 amide bonds. The molecule has 162 valence electrons. The van der Waals surface area contributed by atoms with Crippen LogP contribution in [0.1, 0.15) is 26.3 Å². The number of β-amino-alcohol motifs (C(OH)–C–C–N with tert-alkyl or cyclic N) is 1. The molecule has 7 nitrogen and oxygen atoms in total. The van der Waals surface area contributed by atoms with Crippen molar-refractivity contribution in [2.75, 3.05) is 32.7 Å². The zero-order valence-corrected chi connectivity index (χ0v) is 19.4. The van der Waals surface area contributed by atoms with Crippen LogP contribution in [0.5, 0.6) is 0 Å². The summed E-state index contributed by atoms with van der Waals surface area (Å²) >= 11 is 3.41. The van der Waals surface area contributed by atoms with Crippen molar-refractivity contribution in [1.82, 2.24) is 24.6 Å². The molecule has 1 atom stereocenters. The van der Waals surface area contributed by atoms with Gasteiger partial charge in [-0.15, -0.1) is 0 Å². The van der Waals surface area contributed by atoms with Crippen LogP contribution in [-0.2, 0) is 11.3 Å². The van der Waals surface area contributed by atoms with Crippen molar-refractivity contribution in [2.45, 2.75) is 32.9 Å². The molecule has 8 heteroatoms. The van der Waals surface area contributed by atoms with Crippen LogP contribution in [0.2, 0.25) is 0 Å². The van der Waals surface area contributed by atoms with Crippen LogP contribution in [0.25, 0.3) is 6.08 Å². The molecule has 0 radical (unpaired) electrons. The van der Waals surface area contributed by atoms with Gasteiger partial charge in [-0.1, -0.05) is 48.8 Å². The number of hydrogen-bond acceptors (Lipinski definition) is 5. The van der Waals surface area contributed by atoms with Gasteiger partial charge < -0.3 is 10.0 Å². The number of hydrogen-bond donors (Lipinski definition) is 1. The maximum absolute atomic E-state index is 12.5. The number of aliphatic hydroxyl groups is 1. The fraction of sp³-hybridized carbons (Fsp3) is 0.500. The molecule has 1 unspecified atom stereocenters. The first-order valence-corrected chi connectivity index (χ1v) is 11.0. The number of aromatic nitrogens is 3. The van der Waals surface area contributed by atoms with E-state index in [0.29, 0.717) is 26.2 Å². The predicted octanol–water partition coefficient (Wildman–Crippen LogP) is 2.68. The molecule has 1 fully saturated rings.